The molecule has 136 valence electrons. The highest BCUT2D eigenvalue weighted by molar-refractivity contribution is 5.68. The molecule has 0 radical (unpaired) electrons. The van der Waals surface area contributed by atoms with E-state index in [1.165, 1.54) is 5.56 Å². The molecule has 2 aromatic rings. The number of methoxy groups -OCH3 is 1. The summed E-state index contributed by atoms with van der Waals surface area (Å²) >= 11 is 0. The van der Waals surface area contributed by atoms with Crippen LogP contribution in [0.4, 0.5) is 5.69 Å². The largest absolute Gasteiger partial charge is 0.497 e. The zero-order chi connectivity index (χ0) is 17.7. The molecule has 1 N–H and O–H groups in total. The molecule has 0 aromatic heterocycles. The van der Waals surface area contributed by atoms with Gasteiger partial charge in [0, 0.05) is 18.2 Å². The first-order valence-electron chi connectivity index (χ1n) is 9.18. The molecule has 3 heterocycles. The lowest BCUT2D eigenvalue weighted by atomic mass is 9.72. The molecule has 0 unspecified atom stereocenters. The van der Waals surface area contributed by atoms with Crippen LogP contribution in [0.3, 0.4) is 0 Å². The Morgan fingerprint density at radius 3 is 2.65 bits per heavy atom. The van der Waals surface area contributed by atoms with Crippen molar-refractivity contribution in [2.75, 3.05) is 32.2 Å². The van der Waals surface area contributed by atoms with Crippen LogP contribution in [0.2, 0.25) is 0 Å². The molecule has 5 nitrogen and oxygen atoms in total. The molecule has 1 saturated heterocycles. The van der Waals surface area contributed by atoms with Gasteiger partial charge in [-0.15, -0.1) is 0 Å². The minimum atomic E-state index is -0.392. The van der Waals surface area contributed by atoms with Crippen molar-refractivity contribution >= 4 is 5.69 Å². The van der Waals surface area contributed by atoms with Crippen molar-refractivity contribution in [3.63, 3.8) is 0 Å². The lowest BCUT2D eigenvalue weighted by Gasteiger charge is -2.44. The summed E-state index contributed by atoms with van der Waals surface area (Å²) in [7, 11) is 1.69. The van der Waals surface area contributed by atoms with Crippen molar-refractivity contribution in [2.45, 2.75) is 25.0 Å². The van der Waals surface area contributed by atoms with Gasteiger partial charge in [0.2, 0.25) is 0 Å². The van der Waals surface area contributed by atoms with E-state index in [0.717, 1.165) is 41.5 Å². The fraction of sp³-hybridized carbons (Fsp3) is 0.429. The third kappa shape index (κ3) is 2.20. The Kier molecular flexibility index (Phi) is 3.54. The van der Waals surface area contributed by atoms with E-state index in [1.807, 2.05) is 18.2 Å². The number of benzene rings is 2. The number of hydrogen-bond acceptors (Lipinski definition) is 5. The van der Waals surface area contributed by atoms with Crippen LogP contribution in [0.5, 0.6) is 17.2 Å². The predicted molar refractivity (Wildman–Crippen MR) is 98.2 cm³/mol. The van der Waals surface area contributed by atoms with Gasteiger partial charge in [-0.3, -0.25) is 0 Å². The Hall–Kier alpha value is -2.40. The Labute approximate surface area is 153 Å². The Morgan fingerprint density at radius 2 is 1.85 bits per heavy atom. The average Bonchev–Trinajstić information content (AvgIpc) is 3.09. The highest BCUT2D eigenvalue weighted by Crippen LogP contribution is 2.58. The van der Waals surface area contributed by atoms with Crippen molar-refractivity contribution in [3.8, 4) is 17.2 Å². The fourth-order valence-electron chi connectivity index (χ4n) is 4.65. The quantitative estimate of drug-likeness (QED) is 0.888. The summed E-state index contributed by atoms with van der Waals surface area (Å²) in [5, 5.41) is 3.74. The van der Waals surface area contributed by atoms with Gasteiger partial charge in [-0.05, 0) is 43.2 Å². The van der Waals surface area contributed by atoms with E-state index in [1.54, 1.807) is 7.11 Å². The van der Waals surface area contributed by atoms with Crippen molar-refractivity contribution in [1.29, 1.82) is 0 Å². The summed E-state index contributed by atoms with van der Waals surface area (Å²) in [6.45, 7) is 4.11. The normalized spacial score (nSPS) is 28.7. The maximum atomic E-state index is 6.33. The molecule has 3 aliphatic rings. The molecular formula is C21H23NO4. The van der Waals surface area contributed by atoms with Gasteiger partial charge in [-0.2, -0.15) is 0 Å². The Bertz CT molecular complexity index is 835. The van der Waals surface area contributed by atoms with Gasteiger partial charge < -0.3 is 24.3 Å². The first-order chi connectivity index (χ1) is 12.7. The lowest BCUT2D eigenvalue weighted by molar-refractivity contribution is -0.0212. The lowest BCUT2D eigenvalue weighted by Crippen LogP contribution is -2.41. The van der Waals surface area contributed by atoms with Gasteiger partial charge in [-0.25, -0.2) is 0 Å². The van der Waals surface area contributed by atoms with Gasteiger partial charge in [0.1, 0.15) is 24.6 Å². The van der Waals surface area contributed by atoms with E-state index < -0.39 is 5.60 Å². The summed E-state index contributed by atoms with van der Waals surface area (Å²) in [4.78, 5) is 0. The number of ether oxygens (including phenoxy) is 4. The Balaban J connectivity index is 1.62. The van der Waals surface area contributed by atoms with Crippen molar-refractivity contribution < 1.29 is 18.9 Å². The maximum Gasteiger partial charge on any atom is 0.169 e. The number of anilines is 1. The van der Waals surface area contributed by atoms with Gasteiger partial charge in [0.25, 0.3) is 0 Å². The maximum absolute atomic E-state index is 6.33. The molecule has 0 amide bonds. The van der Waals surface area contributed by atoms with E-state index in [4.69, 9.17) is 18.9 Å². The van der Waals surface area contributed by atoms with Gasteiger partial charge in [0.15, 0.2) is 11.5 Å². The topological polar surface area (TPSA) is 49.0 Å². The SMILES string of the molecule is COc1ccc([C@H]2Nc3ccc4c(c3[C@@]3(C)OCC[C@@H]23)OCCO4)cc1. The minimum Gasteiger partial charge on any atom is -0.497 e. The number of hydrogen-bond donors (Lipinski definition) is 1. The van der Waals surface area contributed by atoms with Crippen LogP contribution in [0.25, 0.3) is 0 Å². The fourth-order valence-corrected chi connectivity index (χ4v) is 4.65. The van der Waals surface area contributed by atoms with Crippen LogP contribution in [0.15, 0.2) is 36.4 Å². The second-order valence-corrected chi connectivity index (χ2v) is 7.26. The van der Waals surface area contributed by atoms with Crippen LogP contribution >= 0.6 is 0 Å². The van der Waals surface area contributed by atoms with Crippen LogP contribution in [-0.2, 0) is 10.3 Å². The molecular weight excluding hydrogens is 330 g/mol. The first-order valence-corrected chi connectivity index (χ1v) is 9.18. The van der Waals surface area contributed by atoms with Crippen LogP contribution < -0.4 is 19.5 Å². The van der Waals surface area contributed by atoms with E-state index in [9.17, 15) is 0 Å². The molecule has 0 aliphatic carbocycles. The van der Waals surface area contributed by atoms with Crippen LogP contribution in [-0.4, -0.2) is 26.9 Å². The molecule has 3 aliphatic heterocycles. The molecule has 0 bridgehead atoms. The zero-order valence-corrected chi connectivity index (χ0v) is 15.1. The summed E-state index contributed by atoms with van der Waals surface area (Å²) in [6, 6.07) is 12.6. The second-order valence-electron chi connectivity index (χ2n) is 7.26. The summed E-state index contributed by atoms with van der Waals surface area (Å²) in [6.07, 6.45) is 1.00. The van der Waals surface area contributed by atoms with Gasteiger partial charge >= 0.3 is 0 Å². The molecule has 5 rings (SSSR count). The highest BCUT2D eigenvalue weighted by Gasteiger charge is 2.52. The summed E-state index contributed by atoms with van der Waals surface area (Å²) < 4.78 is 23.4. The molecule has 0 saturated carbocycles. The highest BCUT2D eigenvalue weighted by atomic mass is 16.6. The van der Waals surface area contributed by atoms with Crippen molar-refractivity contribution in [1.82, 2.24) is 0 Å². The van der Waals surface area contributed by atoms with E-state index in [0.29, 0.717) is 19.1 Å². The average molecular weight is 353 g/mol. The van der Waals surface area contributed by atoms with Gasteiger partial charge in [0.05, 0.1) is 18.7 Å². The van der Waals surface area contributed by atoms with Gasteiger partial charge in [-0.1, -0.05) is 12.1 Å². The third-order valence-corrected chi connectivity index (χ3v) is 5.93. The van der Waals surface area contributed by atoms with Crippen molar-refractivity contribution in [2.24, 2.45) is 5.92 Å². The number of rotatable bonds is 2. The second kappa shape index (κ2) is 5.81. The van der Waals surface area contributed by atoms with Crippen molar-refractivity contribution in [3.05, 3.63) is 47.5 Å². The smallest absolute Gasteiger partial charge is 0.169 e. The monoisotopic (exact) mass is 353 g/mol. The Morgan fingerprint density at radius 1 is 1.04 bits per heavy atom. The summed E-state index contributed by atoms with van der Waals surface area (Å²) in [5.41, 5.74) is 3.02. The zero-order valence-electron chi connectivity index (χ0n) is 15.1. The predicted octanol–water partition coefficient (Wildman–Crippen LogP) is 3.88. The molecule has 5 heteroatoms. The molecule has 0 spiro atoms. The standard InChI is InChI=1S/C21H23NO4/c1-21-15(9-10-26-21)19(13-3-5-14(23-2)6-4-13)22-16-7-8-17-20(18(16)21)25-12-11-24-17/h3-8,15,19,22H,9-12H2,1-2H3/t15-,19+,21-/m0/s1. The van der Waals surface area contributed by atoms with Crippen LogP contribution in [0.1, 0.15) is 30.5 Å². The first kappa shape index (κ1) is 15.8. The molecule has 26 heavy (non-hydrogen) atoms. The third-order valence-electron chi connectivity index (χ3n) is 5.93. The van der Waals surface area contributed by atoms with E-state index in [-0.39, 0.29) is 6.04 Å². The molecule has 3 atom stereocenters. The number of nitrogens with one attached hydrogen (secondary N) is 1. The van der Waals surface area contributed by atoms with Crippen LogP contribution in [0, 0.1) is 5.92 Å². The molecule has 2 aromatic carbocycles. The van der Waals surface area contributed by atoms with E-state index >= 15 is 0 Å². The minimum absolute atomic E-state index is 0.184. The van der Waals surface area contributed by atoms with E-state index in [2.05, 4.69) is 30.4 Å². The summed E-state index contributed by atoms with van der Waals surface area (Å²) in [5.74, 6) is 2.84. The number of fused-ring (bicyclic) bond motifs is 5. The molecule has 1 fully saturated rings.